The summed E-state index contributed by atoms with van der Waals surface area (Å²) < 4.78 is 49.7. The van der Waals surface area contributed by atoms with Crippen molar-refractivity contribution < 1.29 is 27.8 Å². The summed E-state index contributed by atoms with van der Waals surface area (Å²) in [5.74, 6) is -0.924. The van der Waals surface area contributed by atoms with Gasteiger partial charge >= 0.3 is 5.97 Å². The number of rotatable bonds is 8. The van der Waals surface area contributed by atoms with Crippen molar-refractivity contribution >= 4 is 28.6 Å². The predicted octanol–water partition coefficient (Wildman–Crippen LogP) is 6.98. The lowest BCUT2D eigenvalue weighted by Crippen LogP contribution is -2.27. The number of hydrogen-bond donors (Lipinski definition) is 0. The second kappa shape index (κ2) is 11.9. The number of aromatic nitrogens is 4. The minimum atomic E-state index is -0.631. The van der Waals surface area contributed by atoms with E-state index in [1.807, 2.05) is 4.57 Å². The van der Waals surface area contributed by atoms with Crippen LogP contribution in [0.2, 0.25) is 5.15 Å². The molecule has 3 aromatic heterocycles. The molecule has 0 amide bonds. The molecule has 1 fully saturated rings. The van der Waals surface area contributed by atoms with Gasteiger partial charge < -0.3 is 18.8 Å². The van der Waals surface area contributed by atoms with E-state index >= 15 is 8.78 Å². The van der Waals surface area contributed by atoms with Crippen LogP contribution < -0.4 is 4.74 Å². The molecular formula is C33H29ClF2N4O4. The maximum absolute atomic E-state index is 15.7. The highest BCUT2D eigenvalue weighted by molar-refractivity contribution is 6.29. The third kappa shape index (κ3) is 5.87. The largest absolute Gasteiger partial charge is 0.473 e. The molecule has 0 spiro atoms. The number of nitrogens with zero attached hydrogens (tertiary/aromatic N) is 4. The van der Waals surface area contributed by atoms with Crippen molar-refractivity contribution in [1.82, 2.24) is 19.5 Å². The lowest BCUT2D eigenvalue weighted by Gasteiger charge is -2.28. The van der Waals surface area contributed by atoms with Crippen LogP contribution in [0.4, 0.5) is 8.78 Å². The van der Waals surface area contributed by atoms with Gasteiger partial charge in [0.2, 0.25) is 5.88 Å². The summed E-state index contributed by atoms with van der Waals surface area (Å²) in [7, 11) is 1.32. The zero-order valence-corrected chi connectivity index (χ0v) is 25.1. The molecule has 1 aliphatic rings. The number of benzene rings is 2. The van der Waals surface area contributed by atoms with Crippen LogP contribution in [0.1, 0.15) is 47.2 Å². The Morgan fingerprint density at radius 3 is 2.66 bits per heavy atom. The Kier molecular flexibility index (Phi) is 8.04. The summed E-state index contributed by atoms with van der Waals surface area (Å²) in [4.78, 5) is 25.5. The molecule has 1 unspecified atom stereocenters. The molecule has 5 aromatic rings. The van der Waals surface area contributed by atoms with E-state index in [0.717, 1.165) is 11.6 Å². The monoisotopic (exact) mass is 618 g/mol. The number of hydrogen-bond acceptors (Lipinski definition) is 7. The first-order valence-electron chi connectivity index (χ1n) is 14.0. The predicted molar refractivity (Wildman–Crippen MR) is 161 cm³/mol. The molecule has 0 N–H and O–H groups in total. The van der Waals surface area contributed by atoms with Crippen LogP contribution in [-0.4, -0.2) is 45.8 Å². The molecule has 0 bridgehead atoms. The van der Waals surface area contributed by atoms with E-state index < -0.39 is 17.6 Å². The first-order chi connectivity index (χ1) is 21.1. The number of imidazole rings is 1. The zero-order valence-electron chi connectivity index (χ0n) is 24.3. The van der Waals surface area contributed by atoms with Gasteiger partial charge in [-0.15, -0.1) is 0 Å². The van der Waals surface area contributed by atoms with E-state index in [1.54, 1.807) is 54.7 Å². The smallest absolute Gasteiger partial charge is 0.337 e. The molecule has 6 rings (SSSR count). The highest BCUT2D eigenvalue weighted by Crippen LogP contribution is 2.40. The molecule has 1 atom stereocenters. The highest BCUT2D eigenvalue weighted by Gasteiger charge is 2.39. The van der Waals surface area contributed by atoms with Gasteiger partial charge in [0, 0.05) is 35.2 Å². The van der Waals surface area contributed by atoms with Gasteiger partial charge in [0.25, 0.3) is 0 Å². The number of fused-ring (bicyclic) bond motifs is 1. The quantitative estimate of drug-likeness (QED) is 0.137. The van der Waals surface area contributed by atoms with Crippen LogP contribution in [0.25, 0.3) is 22.3 Å². The Labute approximate surface area is 257 Å². The summed E-state index contributed by atoms with van der Waals surface area (Å²) in [6, 6.07) is 15.6. The van der Waals surface area contributed by atoms with Crippen molar-refractivity contribution in [2.24, 2.45) is 5.41 Å². The van der Waals surface area contributed by atoms with E-state index in [1.165, 1.54) is 13.2 Å². The molecule has 1 aliphatic heterocycles. The third-order valence-electron chi connectivity index (χ3n) is 7.81. The van der Waals surface area contributed by atoms with Gasteiger partial charge in [0.15, 0.2) is 0 Å². The summed E-state index contributed by atoms with van der Waals surface area (Å²) in [6.07, 6.45) is 1.61. The van der Waals surface area contributed by atoms with E-state index in [4.69, 9.17) is 30.8 Å². The summed E-state index contributed by atoms with van der Waals surface area (Å²) in [6.45, 7) is 5.29. The van der Waals surface area contributed by atoms with Crippen LogP contribution >= 0.6 is 11.6 Å². The molecule has 1 saturated heterocycles. The van der Waals surface area contributed by atoms with Crippen LogP contribution in [0.3, 0.4) is 0 Å². The minimum Gasteiger partial charge on any atom is -0.473 e. The van der Waals surface area contributed by atoms with E-state index in [-0.39, 0.29) is 47.2 Å². The van der Waals surface area contributed by atoms with Crippen molar-refractivity contribution in [1.29, 1.82) is 0 Å². The Hall–Kier alpha value is -4.41. The van der Waals surface area contributed by atoms with Gasteiger partial charge in [0.1, 0.15) is 29.2 Å². The zero-order chi connectivity index (χ0) is 31.0. The summed E-state index contributed by atoms with van der Waals surface area (Å²) in [5.41, 5.74) is 2.58. The SMILES string of the molecule is COC(=O)c1ccc2nc(Cc3cc(F)c(-c4cccc(OCc5ccc(Cl)nc5)n4)cc3F)n(C3COCC3(C)C)c2c1. The Morgan fingerprint density at radius 1 is 1.09 bits per heavy atom. The van der Waals surface area contributed by atoms with E-state index in [0.29, 0.717) is 40.8 Å². The number of esters is 1. The molecule has 2 aromatic carbocycles. The Balaban J connectivity index is 1.32. The van der Waals surface area contributed by atoms with Crippen molar-refractivity contribution in [3.05, 3.63) is 106 Å². The number of halogens is 3. The lowest BCUT2D eigenvalue weighted by atomic mass is 9.87. The second-order valence-electron chi connectivity index (χ2n) is 11.4. The van der Waals surface area contributed by atoms with Crippen LogP contribution in [-0.2, 0) is 22.5 Å². The Bertz CT molecular complexity index is 1860. The summed E-state index contributed by atoms with van der Waals surface area (Å²) >= 11 is 5.83. The lowest BCUT2D eigenvalue weighted by molar-refractivity contribution is 0.0601. The van der Waals surface area contributed by atoms with Gasteiger partial charge in [-0.1, -0.05) is 37.6 Å². The van der Waals surface area contributed by atoms with Crippen LogP contribution in [0.5, 0.6) is 5.88 Å². The van der Waals surface area contributed by atoms with Crippen molar-refractivity contribution in [2.75, 3.05) is 20.3 Å². The van der Waals surface area contributed by atoms with Crippen LogP contribution in [0, 0.1) is 17.0 Å². The number of ether oxygens (including phenoxy) is 3. The molecule has 44 heavy (non-hydrogen) atoms. The van der Waals surface area contributed by atoms with E-state index in [9.17, 15) is 4.79 Å². The van der Waals surface area contributed by atoms with Gasteiger partial charge in [-0.25, -0.2) is 28.5 Å². The fourth-order valence-electron chi connectivity index (χ4n) is 5.42. The number of pyridine rings is 2. The average Bonchev–Trinajstić information content (AvgIpc) is 3.55. The number of methoxy groups -OCH3 is 1. The van der Waals surface area contributed by atoms with Gasteiger partial charge in [0.05, 0.1) is 48.7 Å². The standard InChI is InChI=1S/C33H29ClF2N4O4/c1-33(2)18-43-17-28(33)40-27-12-20(32(41)42-3)8-9-26(27)38-30(40)13-21-11-24(36)22(14-23(21)35)25-5-4-6-31(39-25)44-16-19-7-10-29(34)37-15-19/h4-12,14-15,28H,13,16-18H2,1-3H3. The first-order valence-corrected chi connectivity index (χ1v) is 14.4. The highest BCUT2D eigenvalue weighted by atomic mass is 35.5. The molecule has 8 nitrogen and oxygen atoms in total. The third-order valence-corrected chi connectivity index (χ3v) is 8.03. The number of carbonyl (C=O) groups is 1. The first kappa shape index (κ1) is 29.7. The normalized spacial score (nSPS) is 15.9. The topological polar surface area (TPSA) is 88.4 Å². The molecule has 4 heterocycles. The fraction of sp³-hybridized carbons (Fsp3) is 0.273. The number of carbonyl (C=O) groups excluding carboxylic acids is 1. The molecule has 11 heteroatoms. The molecule has 0 aliphatic carbocycles. The maximum atomic E-state index is 15.7. The molecule has 0 saturated carbocycles. The van der Waals surface area contributed by atoms with Crippen molar-refractivity contribution in [3.8, 4) is 17.1 Å². The fourth-order valence-corrected chi connectivity index (χ4v) is 5.54. The van der Waals surface area contributed by atoms with Crippen LogP contribution in [0.15, 0.2) is 66.9 Å². The van der Waals surface area contributed by atoms with E-state index in [2.05, 4.69) is 23.8 Å². The molecular weight excluding hydrogens is 590 g/mol. The second-order valence-corrected chi connectivity index (χ2v) is 11.7. The average molecular weight is 619 g/mol. The van der Waals surface area contributed by atoms with Gasteiger partial charge in [-0.3, -0.25) is 0 Å². The van der Waals surface area contributed by atoms with Crippen molar-refractivity contribution in [2.45, 2.75) is 32.9 Å². The van der Waals surface area contributed by atoms with Gasteiger partial charge in [-0.05, 0) is 48.0 Å². The summed E-state index contributed by atoms with van der Waals surface area (Å²) in [5, 5.41) is 0.371. The van der Waals surface area contributed by atoms with Gasteiger partial charge in [-0.2, -0.15) is 0 Å². The minimum absolute atomic E-state index is 0.00593. The Morgan fingerprint density at radius 2 is 1.93 bits per heavy atom. The molecule has 0 radical (unpaired) electrons. The van der Waals surface area contributed by atoms with Crippen molar-refractivity contribution in [3.63, 3.8) is 0 Å². The maximum Gasteiger partial charge on any atom is 0.337 e. The molecule has 226 valence electrons.